The molecule has 2 aliphatic rings. The Hall–Kier alpha value is -5.82. The van der Waals surface area contributed by atoms with Crippen molar-refractivity contribution in [1.29, 1.82) is 0 Å². The Bertz CT molecular complexity index is 2510. The SMILES string of the molecule is CCN(CSCCc1ccccc1)C(=O)OCc1ccc(OC2OC(C(C)=O)C(C)[C@H](C)[C@@H]2C)c(N)c1.CCN(CSCCc1ccccc1)C(=O)OCc1ccc(OC2OC(C(C)=O)C(C)[C@H](C)[C@@H]2C)c([N+](=O)[O-])c1. The smallest absolute Gasteiger partial charge is 0.410 e. The summed E-state index contributed by atoms with van der Waals surface area (Å²) in [5.41, 5.74) is 10.2. The number of nitrogens with zero attached hydrogens (tertiary/aromatic N) is 3. The summed E-state index contributed by atoms with van der Waals surface area (Å²) in [5.74, 6) is 3.81. The van der Waals surface area contributed by atoms with Gasteiger partial charge in [0.25, 0.3) is 0 Å². The standard InChI is InChI=1S/C29H38N2O7S.C29H40N2O5S/c1-6-30(18-39-15-14-23-10-8-7-9-11-23)29(33)36-17-24-12-13-26(25(16-24)31(34)35)37-28-21(4)19(2)20(3)27(38-28)22(5)32;1-6-31(18-37-15-14-23-10-8-7-9-11-23)29(33)34-17-24-12-13-26(25(30)16-24)35-28-21(4)19(2)20(3)27(36-28)22(5)32/h7-13,16,19-21,27-28H,6,14-15,17-18H2,1-5H3;7-13,16,19-21,27-28H,6,14-15,17-18,30H2,1-5H3/t2*19-,20?,21-,27?,28?/m00/s1. The van der Waals surface area contributed by atoms with Crippen LogP contribution in [0.1, 0.15) is 91.5 Å². The van der Waals surface area contributed by atoms with Crippen LogP contribution in [0.15, 0.2) is 97.1 Å². The monoisotopic (exact) mass is 1090 g/mol. The quantitative estimate of drug-likeness (QED) is 0.0242. The summed E-state index contributed by atoms with van der Waals surface area (Å²) < 4.78 is 35.0. The number of nitro groups is 1. The highest BCUT2D eigenvalue weighted by Gasteiger charge is 2.44. The number of rotatable bonds is 23. The van der Waals surface area contributed by atoms with Gasteiger partial charge in [-0.05, 0) is 116 Å². The zero-order chi connectivity index (χ0) is 55.5. The third kappa shape index (κ3) is 17.6. The first kappa shape index (κ1) is 61.0. The number of ether oxygens (including phenoxy) is 6. The van der Waals surface area contributed by atoms with Crippen LogP contribution in [0.25, 0.3) is 0 Å². The topological polar surface area (TPSA) is 199 Å². The van der Waals surface area contributed by atoms with Crippen molar-refractivity contribution in [1.82, 2.24) is 9.80 Å². The number of nitro benzene ring substituents is 1. The maximum absolute atomic E-state index is 12.6. The number of benzene rings is 4. The van der Waals surface area contributed by atoms with E-state index in [1.54, 1.807) is 58.4 Å². The minimum Gasteiger partial charge on any atom is -0.462 e. The predicted molar refractivity (Wildman–Crippen MR) is 299 cm³/mol. The maximum Gasteiger partial charge on any atom is 0.410 e. The molecule has 6 rings (SSSR count). The van der Waals surface area contributed by atoms with Gasteiger partial charge in [0.15, 0.2) is 17.3 Å². The van der Waals surface area contributed by atoms with Crippen LogP contribution in [0.4, 0.5) is 21.0 Å². The molecule has 10 atom stereocenters. The number of carbonyl (C=O) groups is 4. The Balaban J connectivity index is 0.000000281. The molecular weight excluding hydrogens is 1010 g/mol. The van der Waals surface area contributed by atoms with Gasteiger partial charge in [0, 0.05) is 31.0 Å². The minimum atomic E-state index is -0.801. The van der Waals surface area contributed by atoms with Crippen LogP contribution in [0, 0.1) is 45.6 Å². The third-order valence-corrected chi connectivity index (χ3v) is 16.5. The lowest BCUT2D eigenvalue weighted by molar-refractivity contribution is -0.386. The van der Waals surface area contributed by atoms with E-state index in [2.05, 4.69) is 38.1 Å². The van der Waals surface area contributed by atoms with E-state index in [0.29, 0.717) is 41.8 Å². The number of hydrogen-bond acceptors (Lipinski definition) is 15. The second-order valence-corrected chi connectivity index (χ2v) is 21.9. The van der Waals surface area contributed by atoms with Gasteiger partial charge >= 0.3 is 17.9 Å². The van der Waals surface area contributed by atoms with Crippen LogP contribution in [0.2, 0.25) is 0 Å². The molecule has 2 heterocycles. The summed E-state index contributed by atoms with van der Waals surface area (Å²) >= 11 is 3.35. The second kappa shape index (κ2) is 30.2. The van der Waals surface area contributed by atoms with E-state index < -0.39 is 35.8 Å². The van der Waals surface area contributed by atoms with Crippen molar-refractivity contribution in [2.45, 2.75) is 120 Å². The lowest BCUT2D eigenvalue weighted by Gasteiger charge is -2.42. The third-order valence-electron chi connectivity index (χ3n) is 14.5. The molecule has 16 nitrogen and oxygen atoms in total. The number of hydrogen-bond donors (Lipinski definition) is 1. The fourth-order valence-electron chi connectivity index (χ4n) is 8.97. The van der Waals surface area contributed by atoms with E-state index in [4.69, 9.17) is 34.2 Å². The molecule has 0 spiro atoms. The van der Waals surface area contributed by atoms with Crippen molar-refractivity contribution in [2.24, 2.45) is 35.5 Å². The molecule has 414 valence electrons. The first-order valence-electron chi connectivity index (χ1n) is 26.2. The van der Waals surface area contributed by atoms with Crippen molar-refractivity contribution in [3.63, 3.8) is 0 Å². The van der Waals surface area contributed by atoms with Gasteiger partial charge in [-0.25, -0.2) is 9.59 Å². The molecule has 2 fully saturated rings. The molecule has 76 heavy (non-hydrogen) atoms. The highest BCUT2D eigenvalue weighted by molar-refractivity contribution is 7.99. The number of carbonyl (C=O) groups excluding carboxylic acids is 4. The number of amides is 2. The largest absolute Gasteiger partial charge is 0.462 e. The number of Topliss-reactive ketones (excluding diaryl/α,β-unsaturated/α-hetero) is 2. The van der Waals surface area contributed by atoms with Crippen molar-refractivity contribution >= 4 is 58.7 Å². The second-order valence-electron chi connectivity index (χ2n) is 19.8. The van der Waals surface area contributed by atoms with E-state index in [1.165, 1.54) is 30.2 Å². The molecule has 2 N–H and O–H groups in total. The number of nitrogen functional groups attached to an aromatic ring is 1. The molecule has 0 radical (unpaired) electrons. The zero-order valence-electron chi connectivity index (χ0n) is 45.7. The molecule has 4 aromatic carbocycles. The van der Waals surface area contributed by atoms with Gasteiger partial charge in [-0.2, -0.15) is 0 Å². The first-order chi connectivity index (χ1) is 36.3. The van der Waals surface area contributed by atoms with E-state index >= 15 is 0 Å². The molecule has 6 unspecified atom stereocenters. The zero-order valence-corrected chi connectivity index (χ0v) is 47.3. The van der Waals surface area contributed by atoms with Crippen LogP contribution in [0.5, 0.6) is 11.5 Å². The van der Waals surface area contributed by atoms with E-state index in [1.807, 2.05) is 84.0 Å². The van der Waals surface area contributed by atoms with Gasteiger partial charge in [0.2, 0.25) is 12.6 Å². The highest BCUT2D eigenvalue weighted by Crippen LogP contribution is 2.40. The number of thioether (sulfide) groups is 2. The van der Waals surface area contributed by atoms with E-state index in [9.17, 15) is 29.3 Å². The first-order valence-corrected chi connectivity index (χ1v) is 28.5. The molecule has 2 aliphatic heterocycles. The molecule has 4 aromatic rings. The van der Waals surface area contributed by atoms with Gasteiger partial charge in [0.05, 0.1) is 22.4 Å². The molecule has 0 aliphatic carbocycles. The molecule has 0 saturated carbocycles. The van der Waals surface area contributed by atoms with Crippen LogP contribution in [-0.2, 0) is 54.6 Å². The average Bonchev–Trinajstić information content (AvgIpc) is 3.41. The molecule has 2 amide bonds. The Kier molecular flexibility index (Phi) is 24.3. The van der Waals surface area contributed by atoms with Gasteiger partial charge in [0.1, 0.15) is 31.2 Å². The number of aryl methyl sites for hydroxylation is 2. The normalized spacial score (nSPS) is 23.0. The van der Waals surface area contributed by atoms with Crippen LogP contribution < -0.4 is 15.2 Å². The molecular formula is C58H78N4O12S2. The summed E-state index contributed by atoms with van der Waals surface area (Å²) in [4.78, 5) is 63.9. The van der Waals surface area contributed by atoms with Crippen LogP contribution in [0.3, 0.4) is 0 Å². The highest BCUT2D eigenvalue weighted by atomic mass is 32.2. The van der Waals surface area contributed by atoms with Crippen LogP contribution in [-0.4, -0.2) is 99.6 Å². The van der Waals surface area contributed by atoms with Gasteiger partial charge in [-0.3, -0.25) is 29.5 Å². The number of ketones is 2. The van der Waals surface area contributed by atoms with Crippen LogP contribution >= 0.6 is 23.5 Å². The molecule has 0 aromatic heterocycles. The molecule has 2 saturated heterocycles. The van der Waals surface area contributed by atoms with Gasteiger partial charge < -0.3 is 34.2 Å². The summed E-state index contributed by atoms with van der Waals surface area (Å²) in [6.45, 7) is 20.1. The Morgan fingerprint density at radius 1 is 0.579 bits per heavy atom. The molecule has 18 heteroatoms. The van der Waals surface area contributed by atoms with Crippen molar-refractivity contribution in [3.8, 4) is 11.5 Å². The lowest BCUT2D eigenvalue weighted by Crippen LogP contribution is -2.49. The maximum atomic E-state index is 12.6. The van der Waals surface area contributed by atoms with E-state index in [0.717, 1.165) is 29.9 Å². The number of nitrogens with two attached hydrogens (primary N) is 1. The predicted octanol–water partition coefficient (Wildman–Crippen LogP) is 11.8. The van der Waals surface area contributed by atoms with Crippen molar-refractivity contribution in [3.05, 3.63) is 129 Å². The van der Waals surface area contributed by atoms with Crippen molar-refractivity contribution < 1.29 is 52.5 Å². The Morgan fingerprint density at radius 2 is 0.987 bits per heavy atom. The minimum absolute atomic E-state index is 0.000651. The van der Waals surface area contributed by atoms with E-state index in [-0.39, 0.29) is 77.8 Å². The average molecular weight is 1090 g/mol. The summed E-state index contributed by atoms with van der Waals surface area (Å²) in [5, 5.41) is 11.8. The fraction of sp³-hybridized carbons (Fsp3) is 0.517. The Labute approximate surface area is 457 Å². The molecule has 0 bridgehead atoms. The summed E-state index contributed by atoms with van der Waals surface area (Å²) in [6.07, 6.45) is -1.44. The lowest BCUT2D eigenvalue weighted by atomic mass is 9.78. The van der Waals surface area contributed by atoms with Gasteiger partial charge in [-0.15, -0.1) is 23.5 Å². The van der Waals surface area contributed by atoms with Crippen molar-refractivity contribution in [2.75, 3.05) is 42.1 Å². The van der Waals surface area contributed by atoms with Gasteiger partial charge in [-0.1, -0.05) is 114 Å². The summed E-state index contributed by atoms with van der Waals surface area (Å²) in [6, 6.07) is 30.3. The summed E-state index contributed by atoms with van der Waals surface area (Å²) in [7, 11) is 0. The fourth-order valence-corrected chi connectivity index (χ4v) is 11.0. The number of anilines is 1. The Morgan fingerprint density at radius 3 is 1.38 bits per heavy atom.